The molecule has 4 aromatic rings. The summed E-state index contributed by atoms with van der Waals surface area (Å²) in [5, 5.41) is 16.2. The van der Waals surface area contributed by atoms with Crippen molar-refractivity contribution in [3.05, 3.63) is 52.5 Å². The van der Waals surface area contributed by atoms with E-state index in [-0.39, 0.29) is 17.6 Å². The predicted octanol–water partition coefficient (Wildman–Crippen LogP) is 2.61. The van der Waals surface area contributed by atoms with Crippen LogP contribution in [0.1, 0.15) is 35.8 Å². The molecule has 0 radical (unpaired) electrons. The largest absolute Gasteiger partial charge is 0.501 e. The smallest absolute Gasteiger partial charge is 0.296 e. The second kappa shape index (κ2) is 7.04. The van der Waals surface area contributed by atoms with E-state index in [1.54, 1.807) is 6.07 Å². The highest BCUT2D eigenvalue weighted by atomic mass is 19.1. The fourth-order valence-electron chi connectivity index (χ4n) is 3.64. The minimum Gasteiger partial charge on any atom is -0.501 e. The Bertz CT molecular complexity index is 1370. The van der Waals surface area contributed by atoms with Crippen LogP contribution in [0, 0.1) is 5.82 Å². The predicted molar refractivity (Wildman–Crippen MR) is 107 cm³/mol. The van der Waals surface area contributed by atoms with Crippen LogP contribution in [-0.4, -0.2) is 35.3 Å². The van der Waals surface area contributed by atoms with Gasteiger partial charge in [-0.05, 0) is 37.5 Å². The molecule has 0 atom stereocenters. The minimum atomic E-state index is -0.808. The Balaban J connectivity index is 1.70. The van der Waals surface area contributed by atoms with Crippen LogP contribution in [0.3, 0.4) is 0 Å². The topological polar surface area (TPSA) is 128 Å². The average molecular weight is 424 g/mol. The third-order valence-corrected chi connectivity index (χ3v) is 5.46. The summed E-state index contributed by atoms with van der Waals surface area (Å²) < 4.78 is 21.6. The molecule has 5 rings (SSSR count). The Morgan fingerprint density at radius 3 is 2.77 bits per heavy atom. The van der Waals surface area contributed by atoms with E-state index in [9.17, 15) is 19.1 Å². The van der Waals surface area contributed by atoms with E-state index in [0.717, 1.165) is 23.8 Å². The maximum atomic E-state index is 13.9. The summed E-state index contributed by atoms with van der Waals surface area (Å²) >= 11 is 0. The Morgan fingerprint density at radius 2 is 2.10 bits per heavy atom. The summed E-state index contributed by atoms with van der Waals surface area (Å²) in [7, 11) is 1.43. The number of imidazole rings is 1. The van der Waals surface area contributed by atoms with Gasteiger partial charge in [0.25, 0.3) is 11.5 Å². The average Bonchev–Trinajstić information content (AvgIpc) is 3.33. The molecule has 1 fully saturated rings. The van der Waals surface area contributed by atoms with Crippen LogP contribution in [-0.2, 0) is 7.05 Å². The van der Waals surface area contributed by atoms with Gasteiger partial charge >= 0.3 is 0 Å². The number of nitrogens with zero attached hydrogens (tertiary/aromatic N) is 5. The number of aromatic hydroxyl groups is 1. The summed E-state index contributed by atoms with van der Waals surface area (Å²) in [5.74, 6) is -1.60. The van der Waals surface area contributed by atoms with Gasteiger partial charge in [0.2, 0.25) is 5.75 Å². The van der Waals surface area contributed by atoms with Gasteiger partial charge < -0.3 is 19.5 Å². The van der Waals surface area contributed by atoms with Gasteiger partial charge in [-0.2, -0.15) is 0 Å². The number of nitrogens with one attached hydrogen (secondary N) is 1. The SMILES string of the molecule is Cn1c(-c2nc3ccc(F)cc3n2C2CCC2)nc(C(=O)Nc2cnoc2)c(O)c1=O. The third kappa shape index (κ3) is 3.05. The van der Waals surface area contributed by atoms with Crippen LogP contribution in [0.5, 0.6) is 5.75 Å². The van der Waals surface area contributed by atoms with Crippen molar-refractivity contribution in [3.63, 3.8) is 0 Å². The van der Waals surface area contributed by atoms with Crippen LogP contribution < -0.4 is 10.9 Å². The number of fused-ring (bicyclic) bond motifs is 1. The van der Waals surface area contributed by atoms with E-state index in [4.69, 9.17) is 0 Å². The van der Waals surface area contributed by atoms with Crippen LogP contribution in [0.4, 0.5) is 10.1 Å². The van der Waals surface area contributed by atoms with Crippen molar-refractivity contribution in [2.75, 3.05) is 5.32 Å². The van der Waals surface area contributed by atoms with Gasteiger partial charge in [0.1, 0.15) is 17.8 Å². The number of halogens is 1. The molecule has 3 aromatic heterocycles. The summed E-state index contributed by atoms with van der Waals surface area (Å²) in [6.45, 7) is 0. The summed E-state index contributed by atoms with van der Waals surface area (Å²) in [5.41, 5.74) is 0.0979. The van der Waals surface area contributed by atoms with Crippen molar-refractivity contribution in [2.24, 2.45) is 7.05 Å². The number of carbonyl (C=O) groups excluding carboxylic acids is 1. The molecule has 0 bridgehead atoms. The first kappa shape index (κ1) is 19.0. The Kier molecular flexibility index (Phi) is 4.31. The lowest BCUT2D eigenvalue weighted by atomic mass is 9.92. The molecule has 10 nitrogen and oxygen atoms in total. The lowest BCUT2D eigenvalue weighted by Gasteiger charge is -2.29. The number of hydrogen-bond acceptors (Lipinski definition) is 7. The van der Waals surface area contributed by atoms with Gasteiger partial charge in [-0.15, -0.1) is 0 Å². The first-order valence-corrected chi connectivity index (χ1v) is 9.62. The number of rotatable bonds is 4. The Morgan fingerprint density at radius 1 is 1.29 bits per heavy atom. The van der Waals surface area contributed by atoms with Crippen molar-refractivity contribution >= 4 is 22.6 Å². The summed E-state index contributed by atoms with van der Waals surface area (Å²) in [6.07, 6.45) is 5.24. The van der Waals surface area contributed by atoms with Gasteiger partial charge in [0.05, 0.1) is 17.2 Å². The van der Waals surface area contributed by atoms with Crippen molar-refractivity contribution in [1.29, 1.82) is 0 Å². The van der Waals surface area contributed by atoms with Crippen molar-refractivity contribution in [1.82, 2.24) is 24.3 Å². The maximum Gasteiger partial charge on any atom is 0.296 e. The number of anilines is 1. The van der Waals surface area contributed by atoms with Gasteiger partial charge in [-0.1, -0.05) is 5.16 Å². The molecule has 0 spiro atoms. The highest BCUT2D eigenvalue weighted by Gasteiger charge is 2.29. The molecule has 2 N–H and O–H groups in total. The highest BCUT2D eigenvalue weighted by molar-refractivity contribution is 6.04. The minimum absolute atomic E-state index is 0.0711. The van der Waals surface area contributed by atoms with Crippen molar-refractivity contribution in [2.45, 2.75) is 25.3 Å². The molecule has 11 heteroatoms. The second-order valence-corrected chi connectivity index (χ2v) is 7.39. The molecule has 158 valence electrons. The first-order chi connectivity index (χ1) is 14.9. The van der Waals surface area contributed by atoms with Crippen molar-refractivity contribution in [3.8, 4) is 17.4 Å². The highest BCUT2D eigenvalue weighted by Crippen LogP contribution is 2.38. The molecule has 1 aliphatic rings. The van der Waals surface area contributed by atoms with Crippen LogP contribution >= 0.6 is 0 Å². The monoisotopic (exact) mass is 424 g/mol. The summed E-state index contributed by atoms with van der Waals surface area (Å²) in [4.78, 5) is 34.2. The molecule has 1 saturated carbocycles. The molecule has 1 aliphatic carbocycles. The fraction of sp³-hybridized carbons (Fsp3) is 0.250. The maximum absolute atomic E-state index is 13.9. The first-order valence-electron chi connectivity index (χ1n) is 9.62. The quantitative estimate of drug-likeness (QED) is 0.515. The van der Waals surface area contributed by atoms with E-state index < -0.39 is 28.7 Å². The molecular weight excluding hydrogens is 407 g/mol. The Hall–Kier alpha value is -4.02. The zero-order chi connectivity index (χ0) is 21.7. The van der Waals surface area contributed by atoms with Crippen LogP contribution in [0.15, 0.2) is 40.0 Å². The van der Waals surface area contributed by atoms with E-state index in [1.807, 2.05) is 4.57 Å². The van der Waals surface area contributed by atoms with E-state index in [0.29, 0.717) is 16.9 Å². The molecule has 0 aliphatic heterocycles. The molecule has 0 saturated heterocycles. The van der Waals surface area contributed by atoms with Crippen LogP contribution in [0.25, 0.3) is 22.7 Å². The van der Waals surface area contributed by atoms with Crippen molar-refractivity contribution < 1.29 is 18.8 Å². The zero-order valence-corrected chi connectivity index (χ0v) is 16.4. The molecule has 1 amide bonds. The molecular formula is C20H17FN6O4. The van der Waals surface area contributed by atoms with Gasteiger partial charge in [0.15, 0.2) is 17.3 Å². The number of benzene rings is 1. The normalized spacial score (nSPS) is 14.0. The number of aromatic nitrogens is 5. The van der Waals surface area contributed by atoms with E-state index in [2.05, 4.69) is 25.0 Å². The molecule has 3 heterocycles. The molecule has 1 aromatic carbocycles. The number of amides is 1. The third-order valence-electron chi connectivity index (χ3n) is 5.46. The van der Waals surface area contributed by atoms with Gasteiger partial charge in [-0.3, -0.25) is 14.2 Å². The van der Waals surface area contributed by atoms with Gasteiger partial charge in [0, 0.05) is 13.1 Å². The Labute approximate surface area is 173 Å². The summed E-state index contributed by atoms with van der Waals surface area (Å²) in [6, 6.07) is 4.33. The molecule has 0 unspecified atom stereocenters. The van der Waals surface area contributed by atoms with E-state index in [1.165, 1.54) is 31.6 Å². The van der Waals surface area contributed by atoms with E-state index >= 15 is 0 Å². The lowest BCUT2D eigenvalue weighted by Crippen LogP contribution is -2.27. The zero-order valence-electron chi connectivity index (χ0n) is 16.4. The second-order valence-electron chi connectivity index (χ2n) is 7.39. The number of carbonyl (C=O) groups is 1. The fourth-order valence-corrected chi connectivity index (χ4v) is 3.64. The lowest BCUT2D eigenvalue weighted by molar-refractivity contribution is 0.101. The number of hydrogen-bond donors (Lipinski definition) is 2. The van der Waals surface area contributed by atoms with Gasteiger partial charge in [-0.25, -0.2) is 14.4 Å². The van der Waals surface area contributed by atoms with Crippen LogP contribution in [0.2, 0.25) is 0 Å². The molecule has 31 heavy (non-hydrogen) atoms. The standard InChI is InChI=1S/C20H17FN6O4/c1-26-17(25-15(16(28)20(26)30)19(29)23-11-8-22-31-9-11)18-24-13-6-5-10(21)7-14(13)27(18)12-3-2-4-12/h5-9,12,28H,2-4H2,1H3,(H,23,29).